The molecule has 0 aromatic heterocycles. The van der Waals surface area contributed by atoms with Crippen LogP contribution in [0.5, 0.6) is 11.5 Å². The van der Waals surface area contributed by atoms with Gasteiger partial charge in [0.05, 0.1) is 6.04 Å². The lowest BCUT2D eigenvalue weighted by Crippen LogP contribution is -2.07. The summed E-state index contributed by atoms with van der Waals surface area (Å²) in [5.41, 5.74) is 4.62. The zero-order chi connectivity index (χ0) is 14.1. The maximum absolute atomic E-state index is 9.89. The number of phenols is 2. The number of aryl methyl sites for hydroxylation is 2. The summed E-state index contributed by atoms with van der Waals surface area (Å²) in [5, 5.41) is 22.8. The van der Waals surface area contributed by atoms with Gasteiger partial charge in [-0.25, -0.2) is 0 Å². The Bertz CT molecular complexity index is 637. The molecule has 0 bridgehead atoms. The van der Waals surface area contributed by atoms with Gasteiger partial charge >= 0.3 is 0 Å². The molecule has 3 nitrogen and oxygen atoms in total. The molecule has 20 heavy (non-hydrogen) atoms. The number of fused-ring (bicyclic) bond motifs is 1. The Morgan fingerprint density at radius 3 is 2.65 bits per heavy atom. The number of aromatic hydroxyl groups is 2. The highest BCUT2D eigenvalue weighted by atomic mass is 16.3. The van der Waals surface area contributed by atoms with Crippen LogP contribution in [-0.4, -0.2) is 10.2 Å². The van der Waals surface area contributed by atoms with Crippen LogP contribution in [0.4, 0.5) is 5.69 Å². The number of benzene rings is 2. The second-order valence-electron chi connectivity index (χ2n) is 5.45. The van der Waals surface area contributed by atoms with Crippen molar-refractivity contribution in [3.8, 4) is 11.5 Å². The van der Waals surface area contributed by atoms with Crippen LogP contribution in [0.3, 0.4) is 0 Å². The van der Waals surface area contributed by atoms with Gasteiger partial charge in [-0.2, -0.15) is 0 Å². The molecule has 0 saturated heterocycles. The lowest BCUT2D eigenvalue weighted by Gasteiger charge is -2.18. The molecule has 3 rings (SSSR count). The van der Waals surface area contributed by atoms with E-state index in [0.29, 0.717) is 5.56 Å². The third-order valence-electron chi connectivity index (χ3n) is 3.96. The van der Waals surface area contributed by atoms with E-state index in [1.54, 1.807) is 6.07 Å². The molecule has 104 valence electrons. The van der Waals surface area contributed by atoms with Crippen LogP contribution in [0.15, 0.2) is 36.4 Å². The Hall–Kier alpha value is -2.16. The lowest BCUT2D eigenvalue weighted by atomic mass is 10.1. The van der Waals surface area contributed by atoms with Crippen LogP contribution in [0.1, 0.15) is 36.1 Å². The number of nitrogens with one attached hydrogen (secondary N) is 1. The van der Waals surface area contributed by atoms with Crippen molar-refractivity contribution in [1.82, 2.24) is 0 Å². The minimum absolute atomic E-state index is 0.0680. The normalized spacial score (nSPS) is 14.8. The molecule has 3 heteroatoms. The third-order valence-corrected chi connectivity index (χ3v) is 3.96. The van der Waals surface area contributed by atoms with Gasteiger partial charge in [0.15, 0.2) is 0 Å². The minimum atomic E-state index is -0.0680. The first-order valence-electron chi connectivity index (χ1n) is 7.04. The zero-order valence-corrected chi connectivity index (χ0v) is 11.6. The topological polar surface area (TPSA) is 52.5 Å². The molecule has 0 spiro atoms. The quantitative estimate of drug-likeness (QED) is 0.744. The van der Waals surface area contributed by atoms with Crippen molar-refractivity contribution >= 4 is 5.69 Å². The van der Waals surface area contributed by atoms with Crippen LogP contribution in [0.25, 0.3) is 0 Å². The highest BCUT2D eigenvalue weighted by molar-refractivity contribution is 5.53. The van der Waals surface area contributed by atoms with Gasteiger partial charge in [-0.05, 0) is 67.6 Å². The number of hydrogen-bond donors (Lipinski definition) is 3. The summed E-state index contributed by atoms with van der Waals surface area (Å²) in [6.07, 6.45) is 3.57. The standard InChI is InChI=1S/C17H19NO2/c1-11(16-10-15(19)7-8-17(16)20)18-14-6-5-12-3-2-4-13(12)9-14/h5-11,18-20H,2-4H2,1H3. The largest absolute Gasteiger partial charge is 0.508 e. The molecule has 2 aromatic carbocycles. The molecule has 1 aliphatic rings. The number of phenolic OH excluding ortho intramolecular Hbond substituents is 2. The highest BCUT2D eigenvalue weighted by Crippen LogP contribution is 2.31. The van der Waals surface area contributed by atoms with Gasteiger partial charge < -0.3 is 15.5 Å². The molecule has 2 aromatic rings. The monoisotopic (exact) mass is 269 g/mol. The van der Waals surface area contributed by atoms with Crippen LogP contribution in [0.2, 0.25) is 0 Å². The minimum Gasteiger partial charge on any atom is -0.508 e. The van der Waals surface area contributed by atoms with E-state index >= 15 is 0 Å². The summed E-state index contributed by atoms with van der Waals surface area (Å²) < 4.78 is 0. The van der Waals surface area contributed by atoms with Crippen molar-refractivity contribution in [2.24, 2.45) is 0 Å². The Balaban J connectivity index is 1.82. The van der Waals surface area contributed by atoms with Gasteiger partial charge in [-0.15, -0.1) is 0 Å². The van der Waals surface area contributed by atoms with Crippen molar-refractivity contribution in [3.05, 3.63) is 53.1 Å². The summed E-state index contributed by atoms with van der Waals surface area (Å²) in [5.74, 6) is 0.365. The Labute approximate surface area is 118 Å². The Kier molecular flexibility index (Phi) is 3.26. The fraction of sp³-hybridized carbons (Fsp3) is 0.294. The molecule has 0 saturated carbocycles. The molecule has 0 heterocycles. The van der Waals surface area contributed by atoms with Crippen LogP contribution in [0, 0.1) is 0 Å². The van der Waals surface area contributed by atoms with Gasteiger partial charge in [0.1, 0.15) is 11.5 Å². The van der Waals surface area contributed by atoms with Crippen LogP contribution < -0.4 is 5.32 Å². The Morgan fingerprint density at radius 2 is 1.80 bits per heavy atom. The van der Waals surface area contributed by atoms with Gasteiger partial charge in [0.2, 0.25) is 0 Å². The molecular formula is C17H19NO2. The van der Waals surface area contributed by atoms with E-state index in [4.69, 9.17) is 0 Å². The van der Waals surface area contributed by atoms with Crippen LogP contribution in [-0.2, 0) is 12.8 Å². The Morgan fingerprint density at radius 1 is 1.00 bits per heavy atom. The second-order valence-corrected chi connectivity index (χ2v) is 5.45. The number of hydrogen-bond acceptors (Lipinski definition) is 3. The molecule has 0 aliphatic heterocycles. The van der Waals surface area contributed by atoms with E-state index in [2.05, 4.69) is 23.5 Å². The number of anilines is 1. The lowest BCUT2D eigenvalue weighted by molar-refractivity contribution is 0.451. The molecular weight excluding hydrogens is 250 g/mol. The fourth-order valence-electron chi connectivity index (χ4n) is 2.88. The molecule has 1 aliphatic carbocycles. The van der Waals surface area contributed by atoms with Crippen molar-refractivity contribution in [2.75, 3.05) is 5.32 Å². The molecule has 1 atom stereocenters. The van der Waals surface area contributed by atoms with Crippen molar-refractivity contribution in [3.63, 3.8) is 0 Å². The van der Waals surface area contributed by atoms with E-state index < -0.39 is 0 Å². The first kappa shape index (κ1) is 12.9. The molecule has 0 radical (unpaired) electrons. The predicted octanol–water partition coefficient (Wildman–Crippen LogP) is 3.76. The summed E-state index contributed by atoms with van der Waals surface area (Å²) in [6.45, 7) is 1.97. The van der Waals surface area contributed by atoms with Gasteiger partial charge in [-0.3, -0.25) is 0 Å². The zero-order valence-electron chi connectivity index (χ0n) is 11.6. The average Bonchev–Trinajstić information content (AvgIpc) is 2.89. The summed E-state index contributed by atoms with van der Waals surface area (Å²) >= 11 is 0. The molecule has 0 amide bonds. The van der Waals surface area contributed by atoms with Gasteiger partial charge in [0, 0.05) is 11.3 Å². The maximum atomic E-state index is 9.89. The predicted molar refractivity (Wildman–Crippen MR) is 80.3 cm³/mol. The first-order valence-corrected chi connectivity index (χ1v) is 7.04. The third kappa shape index (κ3) is 2.44. The SMILES string of the molecule is CC(Nc1ccc2c(c1)CCC2)c1cc(O)ccc1O. The van der Waals surface area contributed by atoms with Crippen LogP contribution >= 0.6 is 0 Å². The number of rotatable bonds is 3. The first-order chi connectivity index (χ1) is 9.63. The summed E-state index contributed by atoms with van der Waals surface area (Å²) in [7, 11) is 0. The van der Waals surface area contributed by atoms with Crippen molar-refractivity contribution in [2.45, 2.75) is 32.2 Å². The summed E-state index contributed by atoms with van der Waals surface area (Å²) in [4.78, 5) is 0. The maximum Gasteiger partial charge on any atom is 0.121 e. The smallest absolute Gasteiger partial charge is 0.121 e. The fourth-order valence-corrected chi connectivity index (χ4v) is 2.88. The van der Waals surface area contributed by atoms with E-state index in [9.17, 15) is 10.2 Å². The van der Waals surface area contributed by atoms with Gasteiger partial charge in [0.25, 0.3) is 0 Å². The summed E-state index contributed by atoms with van der Waals surface area (Å²) in [6, 6.07) is 11.0. The van der Waals surface area contributed by atoms with Crippen molar-refractivity contribution in [1.29, 1.82) is 0 Å². The molecule has 1 unspecified atom stereocenters. The second kappa shape index (κ2) is 5.08. The van der Waals surface area contributed by atoms with E-state index in [-0.39, 0.29) is 17.5 Å². The van der Waals surface area contributed by atoms with E-state index in [1.165, 1.54) is 36.1 Å². The van der Waals surface area contributed by atoms with Crippen molar-refractivity contribution < 1.29 is 10.2 Å². The average molecular weight is 269 g/mol. The molecule has 3 N–H and O–H groups in total. The van der Waals surface area contributed by atoms with Gasteiger partial charge in [-0.1, -0.05) is 6.07 Å². The highest BCUT2D eigenvalue weighted by Gasteiger charge is 2.14. The van der Waals surface area contributed by atoms with E-state index in [1.807, 2.05) is 6.92 Å². The van der Waals surface area contributed by atoms with E-state index in [0.717, 1.165) is 12.1 Å². The molecule has 0 fully saturated rings.